The van der Waals surface area contributed by atoms with Crippen molar-refractivity contribution in [2.24, 2.45) is 5.41 Å². The van der Waals surface area contributed by atoms with Gasteiger partial charge in [-0.1, -0.05) is 32.9 Å². The van der Waals surface area contributed by atoms with Crippen molar-refractivity contribution >= 4 is 17.5 Å². The van der Waals surface area contributed by atoms with Gasteiger partial charge in [-0.3, -0.25) is 0 Å². The molecule has 0 unspecified atom stereocenters. The Hall–Kier alpha value is -3.56. The lowest BCUT2D eigenvalue weighted by atomic mass is 9.91. The Morgan fingerprint density at radius 1 is 1.00 bits per heavy atom. The number of para-hydroxylation sites is 1. The highest BCUT2D eigenvalue weighted by Crippen LogP contribution is 2.33. The minimum atomic E-state index is -4.41. The molecule has 0 aliphatic rings. The average Bonchev–Trinajstić information content (AvgIpc) is 3.19. The number of anilines is 2. The van der Waals surface area contributed by atoms with Crippen LogP contribution in [0.4, 0.5) is 29.3 Å². The number of hydrogen-bond acceptors (Lipinski definition) is 5. The van der Waals surface area contributed by atoms with E-state index in [1.807, 2.05) is 20.8 Å². The normalized spacial score (nSPS) is 12.5. The molecule has 7 nitrogen and oxygen atoms in total. The van der Waals surface area contributed by atoms with Crippen molar-refractivity contribution in [2.75, 3.05) is 11.9 Å². The molecule has 0 aliphatic carbocycles. The molecule has 1 heterocycles. The van der Waals surface area contributed by atoms with Gasteiger partial charge in [0.15, 0.2) is 0 Å². The zero-order valence-corrected chi connectivity index (χ0v) is 20.3. The van der Waals surface area contributed by atoms with Gasteiger partial charge in [-0.15, -0.1) is 10.2 Å². The summed E-state index contributed by atoms with van der Waals surface area (Å²) in [4.78, 5) is 13.3. The fraction of sp³-hybridized carbons (Fsp3) is 0.400. The molecular formula is C25H29F3N4O3. The van der Waals surface area contributed by atoms with Gasteiger partial charge in [-0.2, -0.15) is 13.2 Å². The third-order valence-electron chi connectivity index (χ3n) is 5.29. The first-order chi connectivity index (χ1) is 16.2. The third kappa shape index (κ3) is 6.74. The summed E-state index contributed by atoms with van der Waals surface area (Å²) in [6.07, 6.45) is -5.24. The van der Waals surface area contributed by atoms with Crippen LogP contribution in [0.3, 0.4) is 0 Å². The van der Waals surface area contributed by atoms with E-state index in [1.54, 1.807) is 38.1 Å². The van der Waals surface area contributed by atoms with Crippen molar-refractivity contribution in [3.8, 4) is 11.5 Å². The molecule has 3 rings (SSSR count). The van der Waals surface area contributed by atoms with Gasteiger partial charge in [0.2, 0.25) is 11.8 Å². The number of carboxylic acid groups (broad SMARTS) is 1. The minimum absolute atomic E-state index is 0.205. The van der Waals surface area contributed by atoms with Crippen LogP contribution >= 0.6 is 0 Å². The minimum Gasteiger partial charge on any atom is -0.465 e. The highest BCUT2D eigenvalue weighted by molar-refractivity contribution is 5.76. The second-order valence-corrected chi connectivity index (χ2v) is 10.2. The van der Waals surface area contributed by atoms with Crippen LogP contribution in [0, 0.1) is 5.41 Å². The molecular weight excluding hydrogens is 461 g/mol. The summed E-state index contributed by atoms with van der Waals surface area (Å²) in [5.74, 6) is 0.484. The molecule has 3 aromatic rings. The maximum absolute atomic E-state index is 12.8. The van der Waals surface area contributed by atoms with Crippen molar-refractivity contribution in [2.45, 2.75) is 52.8 Å². The Bertz CT molecular complexity index is 1170. The number of halogens is 3. The summed E-state index contributed by atoms with van der Waals surface area (Å²) in [5, 5.41) is 21.1. The molecule has 2 N–H and O–H groups in total. The van der Waals surface area contributed by atoms with E-state index >= 15 is 0 Å². The topological polar surface area (TPSA) is 91.5 Å². The van der Waals surface area contributed by atoms with Gasteiger partial charge in [-0.05, 0) is 55.7 Å². The quantitative estimate of drug-likeness (QED) is 0.377. The van der Waals surface area contributed by atoms with Gasteiger partial charge in [0.05, 0.1) is 16.8 Å². The molecule has 0 bridgehead atoms. The van der Waals surface area contributed by atoms with Crippen molar-refractivity contribution in [3.63, 3.8) is 0 Å². The molecule has 35 heavy (non-hydrogen) atoms. The van der Waals surface area contributed by atoms with Crippen LogP contribution in [0.15, 0.2) is 52.9 Å². The van der Waals surface area contributed by atoms with Gasteiger partial charge >= 0.3 is 12.3 Å². The number of nitrogens with one attached hydrogen (secondary N) is 1. The number of aromatic nitrogens is 2. The molecule has 0 atom stereocenters. The van der Waals surface area contributed by atoms with Crippen molar-refractivity contribution in [1.29, 1.82) is 0 Å². The molecule has 0 saturated carbocycles. The summed E-state index contributed by atoms with van der Waals surface area (Å²) in [6, 6.07) is 11.7. The van der Waals surface area contributed by atoms with E-state index in [1.165, 1.54) is 17.0 Å². The Labute approximate surface area is 202 Å². The second-order valence-electron chi connectivity index (χ2n) is 10.2. The lowest BCUT2D eigenvalue weighted by Crippen LogP contribution is -2.51. The van der Waals surface area contributed by atoms with Crippen LogP contribution in [-0.4, -0.2) is 38.4 Å². The molecule has 2 aromatic carbocycles. The fourth-order valence-electron chi connectivity index (χ4n) is 3.59. The highest BCUT2D eigenvalue weighted by atomic mass is 19.4. The standard InChI is InChI=1S/C25H29F3N4O3/c1-23(2,3)15-32(22(33)34)24(4,5)14-20-30-31-21(35-20)18-8-6-7-9-19(18)29-17-12-10-16(11-13-17)25(26,27)28/h6-13,29H,14-15H2,1-5H3,(H,33,34). The molecule has 1 amide bonds. The van der Waals surface area contributed by atoms with E-state index in [0.717, 1.165) is 12.1 Å². The van der Waals surface area contributed by atoms with Gasteiger partial charge in [0.25, 0.3) is 0 Å². The van der Waals surface area contributed by atoms with Crippen molar-refractivity contribution in [1.82, 2.24) is 15.1 Å². The van der Waals surface area contributed by atoms with Crippen LogP contribution in [-0.2, 0) is 12.6 Å². The molecule has 0 saturated heterocycles. The van der Waals surface area contributed by atoms with Gasteiger partial charge in [0.1, 0.15) is 0 Å². The molecule has 0 spiro atoms. The first kappa shape index (κ1) is 26.1. The van der Waals surface area contributed by atoms with Crippen molar-refractivity contribution in [3.05, 3.63) is 60.0 Å². The molecule has 10 heteroatoms. The summed E-state index contributed by atoms with van der Waals surface area (Å²) in [6.45, 7) is 9.82. The lowest BCUT2D eigenvalue weighted by Gasteiger charge is -2.39. The smallest absolute Gasteiger partial charge is 0.416 e. The average molecular weight is 491 g/mol. The van der Waals surface area contributed by atoms with Gasteiger partial charge in [-0.25, -0.2) is 4.79 Å². The number of benzene rings is 2. The van der Waals surface area contributed by atoms with E-state index in [9.17, 15) is 23.1 Å². The molecule has 1 aromatic heterocycles. The monoisotopic (exact) mass is 490 g/mol. The highest BCUT2D eigenvalue weighted by Gasteiger charge is 2.35. The fourth-order valence-corrected chi connectivity index (χ4v) is 3.59. The van der Waals surface area contributed by atoms with Crippen molar-refractivity contribution < 1.29 is 27.5 Å². The number of hydrogen-bond donors (Lipinski definition) is 2. The zero-order chi connectivity index (χ0) is 26.0. The Balaban J connectivity index is 1.82. The molecule has 0 fully saturated rings. The predicted molar refractivity (Wildman–Crippen MR) is 126 cm³/mol. The van der Waals surface area contributed by atoms with Crippen LogP contribution in [0.2, 0.25) is 0 Å². The van der Waals surface area contributed by atoms with E-state index in [0.29, 0.717) is 23.5 Å². The van der Waals surface area contributed by atoms with E-state index in [2.05, 4.69) is 15.5 Å². The molecule has 0 aliphatic heterocycles. The van der Waals surface area contributed by atoms with Crippen LogP contribution in [0.25, 0.3) is 11.5 Å². The lowest BCUT2D eigenvalue weighted by molar-refractivity contribution is -0.137. The first-order valence-electron chi connectivity index (χ1n) is 11.0. The van der Waals surface area contributed by atoms with Crippen LogP contribution < -0.4 is 5.32 Å². The predicted octanol–water partition coefficient (Wildman–Crippen LogP) is 6.85. The number of rotatable bonds is 7. The number of carbonyl (C=O) groups is 1. The summed E-state index contributed by atoms with van der Waals surface area (Å²) in [5.41, 5.74) is -0.178. The van der Waals surface area contributed by atoms with E-state index < -0.39 is 23.4 Å². The number of alkyl halides is 3. The van der Waals surface area contributed by atoms with Gasteiger partial charge < -0.3 is 19.7 Å². The second kappa shape index (κ2) is 9.59. The largest absolute Gasteiger partial charge is 0.465 e. The van der Waals surface area contributed by atoms with Crippen LogP contribution in [0.1, 0.15) is 46.1 Å². The zero-order valence-electron chi connectivity index (χ0n) is 20.3. The molecule has 0 radical (unpaired) electrons. The van der Waals surface area contributed by atoms with Gasteiger partial charge in [0, 0.05) is 24.2 Å². The summed E-state index contributed by atoms with van der Waals surface area (Å²) >= 11 is 0. The first-order valence-corrected chi connectivity index (χ1v) is 11.0. The SMILES string of the molecule is CC(C)(C)CN(C(=O)O)C(C)(C)Cc1nnc(-c2ccccc2Nc2ccc(C(F)(F)F)cc2)o1. The van der Waals surface area contributed by atoms with Crippen LogP contribution in [0.5, 0.6) is 0 Å². The van der Waals surface area contributed by atoms with E-state index in [-0.39, 0.29) is 23.6 Å². The van der Waals surface area contributed by atoms with E-state index in [4.69, 9.17) is 4.42 Å². The summed E-state index contributed by atoms with van der Waals surface area (Å²) in [7, 11) is 0. The number of nitrogens with zero attached hydrogens (tertiary/aromatic N) is 3. The Morgan fingerprint density at radius 3 is 2.20 bits per heavy atom. The maximum atomic E-state index is 12.8. The number of amides is 1. The molecule has 188 valence electrons. The Morgan fingerprint density at radius 2 is 1.63 bits per heavy atom. The third-order valence-corrected chi connectivity index (χ3v) is 5.29. The Kier molecular flexibility index (Phi) is 7.14. The summed E-state index contributed by atoms with van der Waals surface area (Å²) < 4.78 is 44.4. The maximum Gasteiger partial charge on any atom is 0.416 e.